The highest BCUT2D eigenvalue weighted by atomic mass is 16.5. The Morgan fingerprint density at radius 1 is 0.724 bits per heavy atom. The van der Waals surface area contributed by atoms with Gasteiger partial charge in [0, 0.05) is 30.9 Å². The van der Waals surface area contributed by atoms with E-state index in [1.807, 2.05) is 0 Å². The molecule has 0 saturated heterocycles. The molecule has 1 aliphatic heterocycles. The molecule has 0 bridgehead atoms. The highest BCUT2D eigenvalue weighted by Gasteiger charge is 2.31. The van der Waals surface area contributed by atoms with Crippen molar-refractivity contribution in [3.63, 3.8) is 0 Å². The normalized spacial score (nSPS) is 18.1. The zero-order chi connectivity index (χ0) is 19.8. The van der Waals surface area contributed by atoms with Crippen LogP contribution in [0.25, 0.3) is 10.8 Å². The smallest absolute Gasteiger partial charge is 0.177 e. The van der Waals surface area contributed by atoms with E-state index in [0.29, 0.717) is 0 Å². The minimum atomic E-state index is -0.204. The van der Waals surface area contributed by atoms with Crippen LogP contribution in [-0.2, 0) is 0 Å². The molecule has 1 aliphatic rings. The highest BCUT2D eigenvalue weighted by Crippen LogP contribution is 2.42. The van der Waals surface area contributed by atoms with Crippen LogP contribution in [0.3, 0.4) is 0 Å². The van der Waals surface area contributed by atoms with Crippen LogP contribution >= 0.6 is 0 Å². The summed E-state index contributed by atoms with van der Waals surface area (Å²) in [6.07, 6.45) is -0.204. The average Bonchev–Trinajstić information content (AvgIpc) is 2.78. The average molecular weight is 380 g/mol. The van der Waals surface area contributed by atoms with Crippen molar-refractivity contribution in [3.8, 4) is 5.75 Å². The summed E-state index contributed by atoms with van der Waals surface area (Å²) in [6, 6.07) is 32.0. The van der Waals surface area contributed by atoms with Gasteiger partial charge in [-0.2, -0.15) is 0 Å². The summed E-state index contributed by atoms with van der Waals surface area (Å²) >= 11 is 0. The van der Waals surface area contributed by atoms with Gasteiger partial charge in [-0.05, 0) is 34.5 Å². The van der Waals surface area contributed by atoms with E-state index in [4.69, 9.17) is 4.74 Å². The second-order valence-electron chi connectivity index (χ2n) is 7.69. The number of hydrogen-bond donors (Lipinski definition) is 1. The zero-order valence-electron chi connectivity index (χ0n) is 16.7. The number of anilines is 1. The number of fused-ring (bicyclic) bond motifs is 3. The van der Waals surface area contributed by atoms with Gasteiger partial charge in [0.1, 0.15) is 5.75 Å². The van der Waals surface area contributed by atoms with Gasteiger partial charge >= 0.3 is 0 Å². The number of nitrogens with zero attached hydrogens (tertiary/aromatic N) is 1. The first-order valence-corrected chi connectivity index (χ1v) is 9.97. The zero-order valence-corrected chi connectivity index (χ0v) is 16.7. The molecule has 29 heavy (non-hydrogen) atoms. The van der Waals surface area contributed by atoms with E-state index >= 15 is 0 Å². The molecule has 0 spiro atoms. The second-order valence-corrected chi connectivity index (χ2v) is 7.69. The Morgan fingerprint density at radius 3 is 2.21 bits per heavy atom. The fraction of sp³-hybridized carbons (Fsp3) is 0.154. The summed E-state index contributed by atoms with van der Waals surface area (Å²) in [5, 5.41) is 6.20. The van der Waals surface area contributed by atoms with Crippen molar-refractivity contribution in [1.82, 2.24) is 5.32 Å². The van der Waals surface area contributed by atoms with Crippen molar-refractivity contribution in [1.29, 1.82) is 0 Å². The Labute approximate surface area is 171 Å². The minimum absolute atomic E-state index is 0.0598. The first-order valence-electron chi connectivity index (χ1n) is 9.97. The number of hydrogen-bond acceptors (Lipinski definition) is 3. The Hall–Kier alpha value is -3.30. The maximum atomic E-state index is 6.45. The molecule has 0 saturated carbocycles. The molecule has 4 aromatic carbocycles. The molecule has 0 fully saturated rings. The lowest BCUT2D eigenvalue weighted by Crippen LogP contribution is -2.35. The van der Waals surface area contributed by atoms with Gasteiger partial charge in [-0.15, -0.1) is 0 Å². The predicted molar refractivity (Wildman–Crippen MR) is 120 cm³/mol. The third kappa shape index (κ3) is 3.24. The standard InChI is InChI=1S/C26H24N2O/c1-28(2)21-15-12-20(13-16-21)26-27-25(19-9-4-3-5-10-19)24-22-11-7-6-8-18(22)14-17-23(24)29-26/h3-17,25-27H,1-2H3/t25-,26+/m1/s1. The van der Waals surface area contributed by atoms with Crippen molar-refractivity contribution in [3.05, 3.63) is 108 Å². The molecule has 144 valence electrons. The van der Waals surface area contributed by atoms with E-state index in [2.05, 4.69) is 115 Å². The van der Waals surface area contributed by atoms with E-state index in [9.17, 15) is 0 Å². The fourth-order valence-corrected chi connectivity index (χ4v) is 4.09. The van der Waals surface area contributed by atoms with Crippen molar-refractivity contribution < 1.29 is 4.74 Å². The number of nitrogens with one attached hydrogen (secondary N) is 1. The first-order chi connectivity index (χ1) is 14.2. The van der Waals surface area contributed by atoms with E-state index in [1.165, 1.54) is 27.6 Å². The van der Waals surface area contributed by atoms with Crippen molar-refractivity contribution in [2.45, 2.75) is 12.3 Å². The Balaban J connectivity index is 1.62. The van der Waals surface area contributed by atoms with Gasteiger partial charge in [0.2, 0.25) is 0 Å². The molecule has 3 nitrogen and oxygen atoms in total. The van der Waals surface area contributed by atoms with E-state index in [-0.39, 0.29) is 12.3 Å². The maximum Gasteiger partial charge on any atom is 0.177 e. The van der Waals surface area contributed by atoms with Gasteiger partial charge in [0.05, 0.1) is 6.04 Å². The van der Waals surface area contributed by atoms with Crippen LogP contribution in [0.5, 0.6) is 5.75 Å². The summed E-state index contributed by atoms with van der Waals surface area (Å²) in [6.45, 7) is 0. The Kier molecular flexibility index (Phi) is 4.45. The Bertz CT molecular complexity index is 1140. The SMILES string of the molecule is CN(C)c1ccc([C@H]2N[C@H](c3ccccc3)c3c(ccc4ccccc34)O2)cc1. The van der Waals surface area contributed by atoms with Crippen molar-refractivity contribution in [2.75, 3.05) is 19.0 Å². The molecule has 0 aromatic heterocycles. The van der Waals surface area contributed by atoms with Crippen LogP contribution in [0.4, 0.5) is 5.69 Å². The van der Waals surface area contributed by atoms with Crippen LogP contribution in [0.2, 0.25) is 0 Å². The lowest BCUT2D eigenvalue weighted by atomic mass is 9.91. The first kappa shape index (κ1) is 17.8. The molecule has 0 radical (unpaired) electrons. The Morgan fingerprint density at radius 2 is 1.45 bits per heavy atom. The third-order valence-corrected chi connectivity index (χ3v) is 5.63. The topological polar surface area (TPSA) is 24.5 Å². The highest BCUT2D eigenvalue weighted by molar-refractivity contribution is 5.89. The van der Waals surface area contributed by atoms with E-state index < -0.39 is 0 Å². The number of benzene rings is 4. The van der Waals surface area contributed by atoms with Gasteiger partial charge in [-0.1, -0.05) is 72.8 Å². The van der Waals surface area contributed by atoms with Crippen molar-refractivity contribution >= 4 is 16.5 Å². The quantitative estimate of drug-likeness (QED) is 0.495. The van der Waals surface area contributed by atoms with Crippen molar-refractivity contribution in [2.24, 2.45) is 0 Å². The maximum absolute atomic E-state index is 6.45. The number of ether oxygens (including phenoxy) is 1. The van der Waals surface area contributed by atoms with Crippen LogP contribution in [0.1, 0.15) is 29.0 Å². The van der Waals surface area contributed by atoms with E-state index in [0.717, 1.165) is 11.3 Å². The molecule has 1 heterocycles. The summed E-state index contributed by atoms with van der Waals surface area (Å²) in [5.74, 6) is 0.943. The molecule has 0 amide bonds. The van der Waals surface area contributed by atoms with Gasteiger partial charge in [-0.25, -0.2) is 0 Å². The van der Waals surface area contributed by atoms with Crippen LogP contribution in [-0.4, -0.2) is 14.1 Å². The summed E-state index contributed by atoms with van der Waals surface area (Å²) in [7, 11) is 4.11. The number of rotatable bonds is 3. The molecule has 2 atom stereocenters. The molecule has 0 unspecified atom stereocenters. The molecular weight excluding hydrogens is 356 g/mol. The fourth-order valence-electron chi connectivity index (χ4n) is 4.09. The molecule has 4 aromatic rings. The molecule has 3 heteroatoms. The minimum Gasteiger partial charge on any atom is -0.471 e. The van der Waals surface area contributed by atoms with Gasteiger partial charge in [0.15, 0.2) is 6.23 Å². The molecule has 0 aliphatic carbocycles. The summed E-state index contributed by atoms with van der Waals surface area (Å²) in [4.78, 5) is 2.10. The molecular formula is C26H24N2O. The lowest BCUT2D eigenvalue weighted by Gasteiger charge is -2.35. The van der Waals surface area contributed by atoms with Crippen LogP contribution in [0.15, 0.2) is 91.0 Å². The summed E-state index contributed by atoms with van der Waals surface area (Å²) < 4.78 is 6.45. The van der Waals surface area contributed by atoms with Crippen LogP contribution in [0, 0.1) is 0 Å². The monoisotopic (exact) mass is 380 g/mol. The second kappa shape index (κ2) is 7.26. The molecule has 1 N–H and O–H groups in total. The third-order valence-electron chi connectivity index (χ3n) is 5.63. The van der Waals surface area contributed by atoms with E-state index in [1.54, 1.807) is 0 Å². The van der Waals surface area contributed by atoms with Gasteiger partial charge in [0.25, 0.3) is 0 Å². The lowest BCUT2D eigenvalue weighted by molar-refractivity contribution is 0.134. The summed E-state index contributed by atoms with van der Waals surface area (Å²) in [5.41, 5.74) is 4.74. The predicted octanol–water partition coefficient (Wildman–Crippen LogP) is 5.68. The molecule has 5 rings (SSSR count). The largest absolute Gasteiger partial charge is 0.471 e. The van der Waals surface area contributed by atoms with Crippen LogP contribution < -0.4 is 15.0 Å². The van der Waals surface area contributed by atoms with Gasteiger partial charge < -0.3 is 9.64 Å². The van der Waals surface area contributed by atoms with Gasteiger partial charge in [-0.3, -0.25) is 5.32 Å².